The van der Waals surface area contributed by atoms with E-state index >= 15 is 0 Å². The van der Waals surface area contributed by atoms with E-state index in [1.54, 1.807) is 20.8 Å². The monoisotopic (exact) mass is 290 g/mol. The molecule has 112 valence electrons. The van der Waals surface area contributed by atoms with Crippen molar-refractivity contribution in [1.82, 2.24) is 10.3 Å². The number of aromatic nitrogens is 1. The Hall–Kier alpha value is -1.79. The minimum Gasteiger partial charge on any atom is -0.340 e. The Kier molecular flexibility index (Phi) is 4.62. The van der Waals surface area contributed by atoms with Crippen LogP contribution in [0.3, 0.4) is 0 Å². The molecule has 1 aromatic rings. The summed E-state index contributed by atoms with van der Waals surface area (Å²) in [5, 5.41) is 1.94. The van der Waals surface area contributed by atoms with Crippen LogP contribution in [-0.2, 0) is 0 Å². The Morgan fingerprint density at radius 2 is 1.95 bits per heavy atom. The lowest BCUT2D eigenvalue weighted by atomic mass is 9.87. The molecule has 1 aromatic heterocycles. The van der Waals surface area contributed by atoms with E-state index in [-0.39, 0.29) is 12.0 Å². The summed E-state index contributed by atoms with van der Waals surface area (Å²) in [6.45, 7) is 4.97. The maximum absolute atomic E-state index is 12.9. The zero-order valence-corrected chi connectivity index (χ0v) is 11.5. The van der Waals surface area contributed by atoms with Crippen LogP contribution in [0.25, 0.3) is 0 Å². The van der Waals surface area contributed by atoms with E-state index in [2.05, 4.69) is 4.98 Å². The van der Waals surface area contributed by atoms with Gasteiger partial charge in [-0.3, -0.25) is 9.59 Å². The van der Waals surface area contributed by atoms with Crippen LogP contribution in [-0.4, -0.2) is 23.1 Å². The highest BCUT2D eigenvalue weighted by Gasteiger charge is 2.42. The zero-order chi connectivity index (χ0) is 15.6. The lowest BCUT2D eigenvalue weighted by Gasteiger charge is -2.28. The van der Waals surface area contributed by atoms with Gasteiger partial charge in [-0.1, -0.05) is 20.8 Å². The second-order valence-electron chi connectivity index (χ2n) is 5.77. The topological polar surface area (TPSA) is 62.0 Å². The number of hydrogen-bond donors (Lipinski definition) is 2. The molecule has 0 bridgehead atoms. The van der Waals surface area contributed by atoms with Crippen molar-refractivity contribution in [3.8, 4) is 0 Å². The fourth-order valence-electron chi connectivity index (χ4n) is 1.69. The first-order valence-electron chi connectivity index (χ1n) is 6.05. The van der Waals surface area contributed by atoms with Gasteiger partial charge in [0.05, 0.1) is 0 Å². The molecule has 0 saturated heterocycles. The van der Waals surface area contributed by atoms with Gasteiger partial charge in [-0.2, -0.15) is 13.2 Å². The van der Waals surface area contributed by atoms with E-state index in [1.807, 2.05) is 5.32 Å². The number of rotatable bonds is 3. The standard InChI is InChI=1S/C13H17F3N2O2/c1-12(2,3)7-9(13(14,15)16)18-11(20)8-4-5-17-10(19)6-8/h4-6,9H,7H2,1-3H3,(H,17,19)(H,18,20). The van der Waals surface area contributed by atoms with Crippen LogP contribution in [0.15, 0.2) is 23.1 Å². The Morgan fingerprint density at radius 3 is 2.40 bits per heavy atom. The summed E-state index contributed by atoms with van der Waals surface area (Å²) < 4.78 is 38.8. The number of halogens is 3. The smallest absolute Gasteiger partial charge is 0.340 e. The van der Waals surface area contributed by atoms with E-state index in [0.717, 1.165) is 6.07 Å². The number of pyridine rings is 1. The van der Waals surface area contributed by atoms with Crippen LogP contribution in [0.1, 0.15) is 37.6 Å². The molecule has 0 radical (unpaired) electrons. The van der Waals surface area contributed by atoms with E-state index < -0.39 is 29.1 Å². The Morgan fingerprint density at radius 1 is 1.35 bits per heavy atom. The third-order valence-electron chi connectivity index (χ3n) is 2.55. The van der Waals surface area contributed by atoms with Gasteiger partial charge < -0.3 is 10.3 Å². The van der Waals surface area contributed by atoms with Crippen LogP contribution in [0, 0.1) is 5.41 Å². The average molecular weight is 290 g/mol. The van der Waals surface area contributed by atoms with E-state index in [0.29, 0.717) is 0 Å². The van der Waals surface area contributed by atoms with Crippen LogP contribution < -0.4 is 10.9 Å². The maximum Gasteiger partial charge on any atom is 0.408 e. The molecule has 20 heavy (non-hydrogen) atoms. The number of alkyl halides is 3. The summed E-state index contributed by atoms with van der Waals surface area (Å²) in [5.41, 5.74) is -1.24. The number of hydrogen-bond acceptors (Lipinski definition) is 2. The predicted molar refractivity (Wildman–Crippen MR) is 68.4 cm³/mol. The highest BCUT2D eigenvalue weighted by molar-refractivity contribution is 5.94. The molecule has 0 aliphatic heterocycles. The third-order valence-corrected chi connectivity index (χ3v) is 2.55. The summed E-state index contributed by atoms with van der Waals surface area (Å²) in [5.74, 6) is -0.914. The molecular weight excluding hydrogens is 273 g/mol. The van der Waals surface area contributed by atoms with Crippen molar-refractivity contribution in [3.63, 3.8) is 0 Å². The number of amides is 1. The molecule has 1 unspecified atom stereocenters. The van der Waals surface area contributed by atoms with Crippen molar-refractivity contribution in [3.05, 3.63) is 34.2 Å². The predicted octanol–water partition coefficient (Wildman–Crippen LogP) is 2.47. The highest BCUT2D eigenvalue weighted by atomic mass is 19.4. The Bertz CT molecular complexity index is 529. The van der Waals surface area contributed by atoms with Gasteiger partial charge in [-0.15, -0.1) is 0 Å². The first kappa shape index (κ1) is 16.3. The van der Waals surface area contributed by atoms with Gasteiger partial charge in [0.2, 0.25) is 5.56 Å². The first-order chi connectivity index (χ1) is 8.99. The van der Waals surface area contributed by atoms with Crippen molar-refractivity contribution in [2.75, 3.05) is 0 Å². The van der Waals surface area contributed by atoms with Gasteiger partial charge in [0, 0.05) is 17.8 Å². The molecule has 7 heteroatoms. The summed E-state index contributed by atoms with van der Waals surface area (Å²) in [6.07, 6.45) is -3.57. The van der Waals surface area contributed by atoms with E-state index in [9.17, 15) is 22.8 Å². The van der Waals surface area contributed by atoms with E-state index in [4.69, 9.17) is 0 Å². The fourth-order valence-corrected chi connectivity index (χ4v) is 1.69. The molecule has 2 N–H and O–H groups in total. The van der Waals surface area contributed by atoms with Crippen LogP contribution in [0.2, 0.25) is 0 Å². The quantitative estimate of drug-likeness (QED) is 0.898. The van der Waals surface area contributed by atoms with Crippen molar-refractivity contribution in [2.45, 2.75) is 39.4 Å². The number of aromatic amines is 1. The second kappa shape index (κ2) is 5.68. The van der Waals surface area contributed by atoms with Crippen molar-refractivity contribution in [2.24, 2.45) is 5.41 Å². The molecule has 4 nitrogen and oxygen atoms in total. The molecule has 0 fully saturated rings. The lowest BCUT2D eigenvalue weighted by molar-refractivity contribution is -0.159. The summed E-state index contributed by atoms with van der Waals surface area (Å²) in [7, 11) is 0. The summed E-state index contributed by atoms with van der Waals surface area (Å²) in [4.78, 5) is 25.1. The third kappa shape index (κ3) is 5.07. The average Bonchev–Trinajstić information content (AvgIpc) is 2.25. The van der Waals surface area contributed by atoms with Gasteiger partial charge in [-0.05, 0) is 17.9 Å². The van der Waals surface area contributed by atoms with Crippen LogP contribution >= 0.6 is 0 Å². The minimum atomic E-state index is -4.54. The number of carbonyl (C=O) groups is 1. The number of nitrogens with one attached hydrogen (secondary N) is 2. The number of H-pyrrole nitrogens is 1. The van der Waals surface area contributed by atoms with Gasteiger partial charge in [0.15, 0.2) is 0 Å². The lowest BCUT2D eigenvalue weighted by Crippen LogP contribution is -2.47. The molecule has 1 amide bonds. The van der Waals surface area contributed by atoms with Crippen LogP contribution in [0.5, 0.6) is 0 Å². The van der Waals surface area contributed by atoms with Crippen molar-refractivity contribution >= 4 is 5.91 Å². The van der Waals surface area contributed by atoms with Crippen LogP contribution in [0.4, 0.5) is 13.2 Å². The molecule has 0 aliphatic rings. The summed E-state index contributed by atoms with van der Waals surface area (Å²) >= 11 is 0. The fraction of sp³-hybridized carbons (Fsp3) is 0.538. The Balaban J connectivity index is 2.90. The second-order valence-corrected chi connectivity index (χ2v) is 5.77. The number of carbonyl (C=O) groups excluding carboxylic acids is 1. The molecule has 0 saturated carbocycles. The van der Waals surface area contributed by atoms with Crippen molar-refractivity contribution < 1.29 is 18.0 Å². The highest BCUT2D eigenvalue weighted by Crippen LogP contribution is 2.30. The molecule has 1 atom stereocenters. The van der Waals surface area contributed by atoms with Gasteiger partial charge in [0.1, 0.15) is 6.04 Å². The van der Waals surface area contributed by atoms with Gasteiger partial charge in [-0.25, -0.2) is 0 Å². The maximum atomic E-state index is 12.9. The first-order valence-corrected chi connectivity index (χ1v) is 6.05. The molecule has 1 heterocycles. The molecule has 0 aromatic carbocycles. The van der Waals surface area contributed by atoms with E-state index in [1.165, 1.54) is 12.3 Å². The summed E-state index contributed by atoms with van der Waals surface area (Å²) in [6, 6.07) is 0.260. The van der Waals surface area contributed by atoms with Gasteiger partial charge >= 0.3 is 6.18 Å². The largest absolute Gasteiger partial charge is 0.408 e. The molecule has 0 aliphatic carbocycles. The zero-order valence-electron chi connectivity index (χ0n) is 11.5. The Labute approximate surface area is 114 Å². The molecule has 0 spiro atoms. The van der Waals surface area contributed by atoms with Gasteiger partial charge in [0.25, 0.3) is 5.91 Å². The molecule has 1 rings (SSSR count). The normalized spacial score (nSPS) is 13.9. The molecular formula is C13H17F3N2O2. The SMILES string of the molecule is CC(C)(C)CC(NC(=O)c1cc[nH]c(=O)c1)C(F)(F)F. The minimum absolute atomic E-state index is 0.100. The van der Waals surface area contributed by atoms with Crippen molar-refractivity contribution in [1.29, 1.82) is 0 Å².